The minimum absolute atomic E-state index is 0.0381. The van der Waals surface area contributed by atoms with Gasteiger partial charge in [0.1, 0.15) is 5.75 Å². The molecule has 5 aliphatic rings. The van der Waals surface area contributed by atoms with E-state index in [2.05, 4.69) is 17.6 Å². The smallest absolute Gasteiger partial charge is 0.258 e. The molecule has 0 unspecified atom stereocenters. The van der Waals surface area contributed by atoms with Gasteiger partial charge in [0, 0.05) is 29.8 Å². The maximum atomic E-state index is 13.1. The number of para-hydroxylation sites is 1. The molecule has 4 fully saturated rings. The van der Waals surface area contributed by atoms with Crippen molar-refractivity contribution >= 4 is 23.6 Å². The third-order valence-electron chi connectivity index (χ3n) is 7.19. The maximum absolute atomic E-state index is 13.1. The second-order valence-corrected chi connectivity index (χ2v) is 10.1. The molecule has 3 saturated carbocycles. The molecule has 3 N–H and O–H groups in total. The van der Waals surface area contributed by atoms with E-state index in [0.717, 1.165) is 18.6 Å². The minimum atomic E-state index is -0.724. The number of benzene rings is 1. The van der Waals surface area contributed by atoms with Gasteiger partial charge in [0.2, 0.25) is 5.91 Å². The summed E-state index contributed by atoms with van der Waals surface area (Å²) in [5.74, 6) is 2.01. The van der Waals surface area contributed by atoms with Gasteiger partial charge in [-0.1, -0.05) is 19.1 Å². The van der Waals surface area contributed by atoms with Crippen LogP contribution in [0.5, 0.6) is 5.75 Å². The Morgan fingerprint density at radius 3 is 2.93 bits per heavy atom. The fourth-order valence-corrected chi connectivity index (χ4v) is 6.79. The molecule has 3 aliphatic carbocycles. The van der Waals surface area contributed by atoms with E-state index in [1.807, 2.05) is 18.2 Å². The first-order valence-electron chi connectivity index (χ1n) is 10.1. The molecule has 1 aromatic carbocycles. The number of hydrogen-bond acceptors (Lipinski definition) is 5. The second kappa shape index (κ2) is 6.39. The van der Waals surface area contributed by atoms with E-state index in [1.54, 1.807) is 17.8 Å². The topological polar surface area (TPSA) is 87.7 Å². The van der Waals surface area contributed by atoms with Gasteiger partial charge in [-0.15, -0.1) is 0 Å². The lowest BCUT2D eigenvalue weighted by Gasteiger charge is -2.59. The molecule has 0 radical (unpaired) electrons. The van der Waals surface area contributed by atoms with Crippen molar-refractivity contribution in [1.82, 2.24) is 10.6 Å². The number of fused-ring (bicyclic) bond motifs is 3. The zero-order valence-electron chi connectivity index (χ0n) is 15.9. The summed E-state index contributed by atoms with van der Waals surface area (Å²) in [7, 11) is 0. The van der Waals surface area contributed by atoms with Crippen LogP contribution in [-0.2, 0) is 4.79 Å². The third-order valence-corrected chi connectivity index (χ3v) is 8.37. The van der Waals surface area contributed by atoms with Crippen LogP contribution >= 0.6 is 11.8 Å². The van der Waals surface area contributed by atoms with Gasteiger partial charge >= 0.3 is 0 Å². The highest BCUT2D eigenvalue weighted by Crippen LogP contribution is 2.58. The predicted molar refractivity (Wildman–Crippen MR) is 106 cm³/mol. The van der Waals surface area contributed by atoms with Crippen LogP contribution in [0.2, 0.25) is 0 Å². The van der Waals surface area contributed by atoms with Crippen molar-refractivity contribution in [3.8, 4) is 5.75 Å². The number of aliphatic hydroxyl groups excluding tert-OH is 1. The SMILES string of the molecule is C[C@@]12CC[C@@H](C[C@@H]1C(=O)N[C@@H]1CSC[C@H]1O)[C@]1(C2)NC(=O)c2ccccc2O1. The molecule has 1 aromatic rings. The van der Waals surface area contributed by atoms with E-state index in [1.165, 1.54) is 0 Å². The van der Waals surface area contributed by atoms with Gasteiger partial charge in [0.25, 0.3) is 5.91 Å². The molecule has 6 nitrogen and oxygen atoms in total. The van der Waals surface area contributed by atoms with E-state index in [4.69, 9.17) is 4.74 Å². The van der Waals surface area contributed by atoms with Gasteiger partial charge < -0.3 is 20.5 Å². The Kier molecular flexibility index (Phi) is 4.18. The molecule has 28 heavy (non-hydrogen) atoms. The van der Waals surface area contributed by atoms with Crippen molar-refractivity contribution in [2.75, 3.05) is 11.5 Å². The van der Waals surface area contributed by atoms with Crippen molar-refractivity contribution in [3.63, 3.8) is 0 Å². The van der Waals surface area contributed by atoms with Gasteiger partial charge in [0.15, 0.2) is 5.72 Å². The average Bonchev–Trinajstić information content (AvgIpc) is 3.06. The molecule has 1 spiro atoms. The Morgan fingerprint density at radius 1 is 1.36 bits per heavy atom. The number of thioether (sulfide) groups is 1. The monoisotopic (exact) mass is 402 g/mol. The number of carbonyl (C=O) groups excluding carboxylic acids is 2. The molecule has 2 aliphatic heterocycles. The standard InChI is InChI=1S/C21H26N2O4S/c1-20-7-6-12(8-14(20)19(26)22-15-9-28-10-16(15)24)21(11-20)23-18(25)13-4-2-3-5-17(13)27-21/h2-5,12,14-16,24H,6-11H2,1H3,(H,22,26)(H,23,25)/t12-,14+,15+,16+,20-,21+/m0/s1. The summed E-state index contributed by atoms with van der Waals surface area (Å²) in [5.41, 5.74) is -0.394. The minimum Gasteiger partial charge on any atom is -0.467 e. The van der Waals surface area contributed by atoms with Gasteiger partial charge in [0.05, 0.1) is 17.7 Å². The predicted octanol–water partition coefficient (Wildman–Crippen LogP) is 1.92. The summed E-state index contributed by atoms with van der Waals surface area (Å²) >= 11 is 1.67. The van der Waals surface area contributed by atoms with Gasteiger partial charge in [-0.05, 0) is 36.8 Å². The molecule has 2 heterocycles. The number of carbonyl (C=O) groups is 2. The van der Waals surface area contributed by atoms with Crippen LogP contribution < -0.4 is 15.4 Å². The molecule has 2 amide bonds. The number of amides is 2. The fraction of sp³-hybridized carbons (Fsp3) is 0.619. The Morgan fingerprint density at radius 2 is 2.18 bits per heavy atom. The van der Waals surface area contributed by atoms with Crippen LogP contribution in [0, 0.1) is 17.3 Å². The lowest BCUT2D eigenvalue weighted by molar-refractivity contribution is -0.168. The lowest BCUT2D eigenvalue weighted by Crippen LogP contribution is -2.69. The van der Waals surface area contributed by atoms with E-state index < -0.39 is 11.8 Å². The summed E-state index contributed by atoms with van der Waals surface area (Å²) in [6.07, 6.45) is 2.74. The lowest BCUT2D eigenvalue weighted by atomic mass is 9.52. The van der Waals surface area contributed by atoms with Crippen LogP contribution in [-0.4, -0.2) is 46.3 Å². The first-order chi connectivity index (χ1) is 13.4. The second-order valence-electron chi connectivity index (χ2n) is 9.02. The first-order valence-corrected chi connectivity index (χ1v) is 11.2. The van der Waals surface area contributed by atoms with Crippen molar-refractivity contribution < 1.29 is 19.4 Å². The van der Waals surface area contributed by atoms with Crippen molar-refractivity contribution in [3.05, 3.63) is 29.8 Å². The molecule has 0 aromatic heterocycles. The Hall–Kier alpha value is -1.73. The molecule has 6 atom stereocenters. The largest absolute Gasteiger partial charge is 0.467 e. The zero-order valence-corrected chi connectivity index (χ0v) is 16.8. The summed E-state index contributed by atoms with van der Waals surface area (Å²) in [6.45, 7) is 2.14. The molecular weight excluding hydrogens is 376 g/mol. The summed E-state index contributed by atoms with van der Waals surface area (Å²) < 4.78 is 6.40. The molecule has 2 bridgehead atoms. The highest BCUT2D eigenvalue weighted by molar-refractivity contribution is 7.99. The summed E-state index contributed by atoms with van der Waals surface area (Å²) in [4.78, 5) is 25.8. The summed E-state index contributed by atoms with van der Waals surface area (Å²) in [5, 5.41) is 16.3. The van der Waals surface area contributed by atoms with E-state index in [0.29, 0.717) is 29.9 Å². The van der Waals surface area contributed by atoms with Gasteiger partial charge in [-0.25, -0.2) is 0 Å². The van der Waals surface area contributed by atoms with Gasteiger partial charge in [-0.2, -0.15) is 11.8 Å². The van der Waals surface area contributed by atoms with E-state index >= 15 is 0 Å². The van der Waals surface area contributed by atoms with Crippen molar-refractivity contribution in [2.45, 2.75) is 50.5 Å². The van der Waals surface area contributed by atoms with E-state index in [9.17, 15) is 14.7 Å². The first kappa shape index (κ1) is 18.3. The molecule has 150 valence electrons. The highest BCUT2D eigenvalue weighted by Gasteiger charge is 2.62. The number of hydrogen-bond donors (Lipinski definition) is 3. The van der Waals surface area contributed by atoms with Crippen molar-refractivity contribution in [1.29, 1.82) is 0 Å². The zero-order chi connectivity index (χ0) is 19.5. The van der Waals surface area contributed by atoms with Crippen LogP contribution in [0.25, 0.3) is 0 Å². The number of aliphatic hydroxyl groups is 1. The van der Waals surface area contributed by atoms with E-state index in [-0.39, 0.29) is 35.1 Å². The Bertz CT molecular complexity index is 832. The molecule has 7 heteroatoms. The number of rotatable bonds is 2. The number of ether oxygens (including phenoxy) is 1. The Balaban J connectivity index is 1.38. The average molecular weight is 403 g/mol. The quantitative estimate of drug-likeness (QED) is 0.704. The van der Waals surface area contributed by atoms with Crippen LogP contribution in [0.3, 0.4) is 0 Å². The van der Waals surface area contributed by atoms with Crippen molar-refractivity contribution in [2.24, 2.45) is 17.3 Å². The molecule has 6 rings (SSSR count). The highest BCUT2D eigenvalue weighted by atomic mass is 32.2. The maximum Gasteiger partial charge on any atom is 0.258 e. The van der Waals surface area contributed by atoms with Crippen LogP contribution in [0.4, 0.5) is 0 Å². The number of nitrogens with one attached hydrogen (secondary N) is 2. The normalized spacial score (nSPS) is 41.3. The summed E-state index contributed by atoms with van der Waals surface area (Å²) in [6, 6.07) is 7.19. The van der Waals surface area contributed by atoms with Crippen LogP contribution in [0.1, 0.15) is 43.0 Å². The van der Waals surface area contributed by atoms with Crippen LogP contribution in [0.15, 0.2) is 24.3 Å². The fourth-order valence-electron chi connectivity index (χ4n) is 5.62. The molecule has 1 saturated heterocycles. The van der Waals surface area contributed by atoms with Gasteiger partial charge in [-0.3, -0.25) is 9.59 Å². The third kappa shape index (κ3) is 2.74. The molecular formula is C21H26N2O4S. The Labute approximate surface area is 168 Å².